The van der Waals surface area contributed by atoms with Gasteiger partial charge in [-0.25, -0.2) is 0 Å². The molecule has 0 fully saturated rings. The number of carbonyl (C=O) groups is 1. The summed E-state index contributed by atoms with van der Waals surface area (Å²) >= 11 is 0. The summed E-state index contributed by atoms with van der Waals surface area (Å²) < 4.78 is 6.04. The van der Waals surface area contributed by atoms with E-state index >= 15 is 0 Å². The molecule has 1 atom stereocenters. The summed E-state index contributed by atoms with van der Waals surface area (Å²) in [6, 6.07) is 7.68. The lowest BCUT2D eigenvalue weighted by Gasteiger charge is -2.24. The summed E-state index contributed by atoms with van der Waals surface area (Å²) in [6.45, 7) is 0.763. The average molecular weight is 358 g/mol. The topological polar surface area (TPSA) is 73.2 Å². The van der Waals surface area contributed by atoms with Gasteiger partial charge in [0.15, 0.2) is 5.75 Å². The van der Waals surface area contributed by atoms with Crippen LogP contribution in [0.4, 0.5) is 5.69 Å². The van der Waals surface area contributed by atoms with Gasteiger partial charge in [-0.3, -0.25) is 4.79 Å². The second-order valence-corrected chi connectivity index (χ2v) is 6.63. The molecule has 3 rings (SSSR count). The highest BCUT2D eigenvalue weighted by Gasteiger charge is 2.34. The number of hydrogen-bond donors (Lipinski definition) is 2. The van der Waals surface area contributed by atoms with E-state index in [2.05, 4.69) is 0 Å². The van der Waals surface area contributed by atoms with Gasteiger partial charge in [0.1, 0.15) is 12.5 Å². The maximum absolute atomic E-state index is 13.1. The van der Waals surface area contributed by atoms with Crippen LogP contribution in [0.3, 0.4) is 0 Å². The first kappa shape index (κ1) is 18.6. The van der Waals surface area contributed by atoms with E-state index < -0.39 is 0 Å². The summed E-state index contributed by atoms with van der Waals surface area (Å²) in [5.74, 6) is 1.29. The van der Waals surface area contributed by atoms with E-state index in [0.717, 1.165) is 47.9 Å². The van der Waals surface area contributed by atoms with E-state index in [1.54, 1.807) is 0 Å². The number of allylic oxidation sites excluding steroid dienone is 3. The molecule has 1 aromatic carbocycles. The van der Waals surface area contributed by atoms with Crippen LogP contribution >= 0.6 is 0 Å². The fourth-order valence-electron chi connectivity index (χ4n) is 3.36. The Morgan fingerprint density at radius 1 is 1.19 bits per heavy atom. The van der Waals surface area contributed by atoms with Crippen LogP contribution in [0, 0.1) is 5.92 Å². The number of para-hydroxylation sites is 2. The molecular formula is C20H26N2O4. The van der Waals surface area contributed by atoms with Gasteiger partial charge in [0, 0.05) is 13.1 Å². The number of benzene rings is 1. The Morgan fingerprint density at radius 2 is 2.00 bits per heavy atom. The third-order valence-electron chi connectivity index (χ3n) is 4.77. The molecule has 1 heterocycles. The maximum Gasteiger partial charge on any atom is 0.238 e. The molecule has 6 heteroatoms. The van der Waals surface area contributed by atoms with Crippen LogP contribution in [0.5, 0.6) is 5.75 Å². The molecular weight excluding hydrogens is 332 g/mol. The summed E-state index contributed by atoms with van der Waals surface area (Å²) in [7, 11) is 0. The lowest BCUT2D eigenvalue weighted by atomic mass is 9.97. The minimum absolute atomic E-state index is 0.0902. The Balaban J connectivity index is 1.63. The third-order valence-corrected chi connectivity index (χ3v) is 4.77. The number of hydrogen-bond acceptors (Lipinski definition) is 5. The largest absolute Gasteiger partial charge is 0.459 e. The van der Waals surface area contributed by atoms with Crippen molar-refractivity contribution in [2.45, 2.75) is 32.1 Å². The van der Waals surface area contributed by atoms with Crippen LogP contribution in [0.25, 0.3) is 0 Å². The van der Waals surface area contributed by atoms with E-state index in [4.69, 9.17) is 9.84 Å². The lowest BCUT2D eigenvalue weighted by molar-refractivity contribution is -0.142. The molecule has 1 amide bonds. The maximum atomic E-state index is 13.1. The summed E-state index contributed by atoms with van der Waals surface area (Å²) in [5, 5.41) is 18.9. The Kier molecular flexibility index (Phi) is 6.44. The number of aliphatic hydroxyl groups is 1. The molecule has 0 radical (unpaired) electrons. The van der Waals surface area contributed by atoms with E-state index in [0.29, 0.717) is 19.5 Å². The molecule has 0 saturated heterocycles. The zero-order chi connectivity index (χ0) is 18.4. The van der Waals surface area contributed by atoms with Gasteiger partial charge in [-0.05, 0) is 37.5 Å². The van der Waals surface area contributed by atoms with Gasteiger partial charge < -0.3 is 20.0 Å². The molecule has 1 aliphatic heterocycles. The van der Waals surface area contributed by atoms with Crippen LogP contribution in [0.1, 0.15) is 32.1 Å². The number of unbranched alkanes of at least 4 members (excludes halogenated alkanes) is 3. The molecule has 2 N–H and O–H groups in total. The lowest BCUT2D eigenvalue weighted by Crippen LogP contribution is -2.37. The predicted molar refractivity (Wildman–Crippen MR) is 98.8 cm³/mol. The minimum Gasteiger partial charge on any atom is -0.459 e. The van der Waals surface area contributed by atoms with Crippen molar-refractivity contribution in [1.29, 1.82) is 0 Å². The fraction of sp³-hybridized carbons (Fsp3) is 0.450. The van der Waals surface area contributed by atoms with Gasteiger partial charge in [-0.15, -0.1) is 0 Å². The molecule has 1 aliphatic carbocycles. The smallest absolute Gasteiger partial charge is 0.238 e. The van der Waals surface area contributed by atoms with Crippen LogP contribution < -0.4 is 9.64 Å². The number of anilines is 1. The highest BCUT2D eigenvalue weighted by Crippen LogP contribution is 2.38. The minimum atomic E-state index is -0.343. The van der Waals surface area contributed by atoms with E-state index in [1.165, 1.54) is 0 Å². The van der Waals surface area contributed by atoms with Gasteiger partial charge in [0.05, 0.1) is 11.6 Å². The van der Waals surface area contributed by atoms with Crippen molar-refractivity contribution in [1.82, 2.24) is 5.06 Å². The molecule has 1 aromatic rings. The zero-order valence-electron chi connectivity index (χ0n) is 14.9. The number of ether oxygens (including phenoxy) is 1. The molecule has 140 valence electrons. The Bertz CT molecular complexity index is 686. The summed E-state index contributed by atoms with van der Waals surface area (Å²) in [5.41, 5.74) is 0.828. The molecule has 1 unspecified atom stereocenters. The normalized spacial score (nSPS) is 18.9. The Labute approximate surface area is 153 Å². The van der Waals surface area contributed by atoms with Gasteiger partial charge >= 0.3 is 0 Å². The highest BCUT2D eigenvalue weighted by molar-refractivity contribution is 5.99. The Morgan fingerprint density at radius 3 is 2.85 bits per heavy atom. The molecule has 2 aliphatic rings. The van der Waals surface area contributed by atoms with Crippen LogP contribution in [0.2, 0.25) is 0 Å². The van der Waals surface area contributed by atoms with Gasteiger partial charge in [0.25, 0.3) is 0 Å². The standard InChI is InChI=1S/C20H26N2O4/c23-15-21(25)13-7-1-2-8-14-22-17-10-4-6-12-19(17)26-18-11-5-3-9-16(18)20(22)24/h3-6,10-12,16,23,25H,1-2,7-9,13-15H2. The zero-order valence-corrected chi connectivity index (χ0v) is 14.9. The monoisotopic (exact) mass is 358 g/mol. The number of rotatable bonds is 8. The number of nitrogens with zero attached hydrogens (tertiary/aromatic N) is 2. The molecule has 0 spiro atoms. The van der Waals surface area contributed by atoms with Crippen molar-refractivity contribution in [2.75, 3.05) is 24.7 Å². The third kappa shape index (κ3) is 4.33. The summed E-state index contributed by atoms with van der Waals surface area (Å²) in [6.07, 6.45) is 10.1. The quantitative estimate of drug-likeness (QED) is 0.424. The predicted octanol–water partition coefficient (Wildman–Crippen LogP) is 3.07. The first-order valence-corrected chi connectivity index (χ1v) is 9.20. The molecule has 0 aromatic heterocycles. The van der Waals surface area contributed by atoms with Gasteiger partial charge in [-0.2, -0.15) is 5.06 Å². The molecule has 26 heavy (non-hydrogen) atoms. The first-order valence-electron chi connectivity index (χ1n) is 9.20. The Hall–Kier alpha value is -2.15. The SMILES string of the molecule is O=C1C2CC=CC=C2Oc2ccccc2N1CCCCCCN(O)CO. The van der Waals surface area contributed by atoms with Crippen LogP contribution in [0.15, 0.2) is 48.3 Å². The number of hydroxylamine groups is 2. The van der Waals surface area contributed by atoms with E-state index in [-0.39, 0.29) is 18.6 Å². The number of amides is 1. The number of fused-ring (bicyclic) bond motifs is 2. The first-order chi connectivity index (χ1) is 12.7. The van der Waals surface area contributed by atoms with Gasteiger partial charge in [-0.1, -0.05) is 37.1 Å². The number of aliphatic hydroxyl groups excluding tert-OH is 1. The number of carbonyl (C=O) groups excluding carboxylic acids is 1. The second kappa shape index (κ2) is 8.98. The second-order valence-electron chi connectivity index (χ2n) is 6.63. The van der Waals surface area contributed by atoms with Gasteiger partial charge in [0.2, 0.25) is 5.91 Å². The van der Waals surface area contributed by atoms with Crippen molar-refractivity contribution >= 4 is 11.6 Å². The fourth-order valence-corrected chi connectivity index (χ4v) is 3.36. The van der Waals surface area contributed by atoms with Crippen molar-refractivity contribution in [3.8, 4) is 5.75 Å². The van der Waals surface area contributed by atoms with Crippen LogP contribution in [-0.4, -0.2) is 41.1 Å². The van der Waals surface area contributed by atoms with E-state index in [1.807, 2.05) is 47.4 Å². The molecule has 0 saturated carbocycles. The van der Waals surface area contributed by atoms with Crippen molar-refractivity contribution in [3.05, 3.63) is 48.3 Å². The molecule has 6 nitrogen and oxygen atoms in total. The highest BCUT2D eigenvalue weighted by atomic mass is 16.5. The van der Waals surface area contributed by atoms with Crippen molar-refractivity contribution in [2.24, 2.45) is 5.92 Å². The summed E-state index contributed by atoms with van der Waals surface area (Å²) in [4.78, 5) is 14.9. The van der Waals surface area contributed by atoms with Crippen molar-refractivity contribution < 1.29 is 19.8 Å². The van der Waals surface area contributed by atoms with E-state index in [9.17, 15) is 10.0 Å². The van der Waals surface area contributed by atoms with Crippen molar-refractivity contribution in [3.63, 3.8) is 0 Å². The van der Waals surface area contributed by atoms with Crippen LogP contribution in [-0.2, 0) is 4.79 Å². The molecule has 0 bridgehead atoms. The average Bonchev–Trinajstić information content (AvgIpc) is 2.79.